The summed E-state index contributed by atoms with van der Waals surface area (Å²) in [6.45, 7) is 1.32. The van der Waals surface area contributed by atoms with Gasteiger partial charge >= 0.3 is 0 Å². The molecule has 1 fully saturated rings. The molecular formula is C13H13FN2OS. The number of nitrogens with two attached hydrogens (primary N) is 1. The van der Waals surface area contributed by atoms with Crippen LogP contribution in [0, 0.1) is 5.82 Å². The van der Waals surface area contributed by atoms with Crippen LogP contribution in [0.15, 0.2) is 24.3 Å². The van der Waals surface area contributed by atoms with Crippen LogP contribution in [0.1, 0.15) is 16.1 Å². The van der Waals surface area contributed by atoms with E-state index >= 15 is 0 Å². The molecule has 1 aliphatic rings. The number of hydrogen-bond donors (Lipinski definition) is 1. The van der Waals surface area contributed by atoms with Crippen LogP contribution < -0.4 is 5.73 Å². The molecule has 3 rings (SSSR count). The Bertz CT molecular complexity index is 610. The first-order valence-electron chi connectivity index (χ1n) is 5.87. The van der Waals surface area contributed by atoms with Gasteiger partial charge in [-0.1, -0.05) is 0 Å². The molecule has 18 heavy (non-hydrogen) atoms. The number of rotatable bonds is 1. The number of carbonyl (C=O) groups excluding carboxylic acids is 1. The number of carbonyl (C=O) groups is 1. The van der Waals surface area contributed by atoms with E-state index < -0.39 is 0 Å². The SMILES string of the molecule is NC1CCN(C(=O)c2cc3cc(F)ccc3s2)C1. The number of nitrogens with zero attached hydrogens (tertiary/aromatic N) is 1. The minimum atomic E-state index is -0.275. The number of benzene rings is 1. The van der Waals surface area contributed by atoms with E-state index in [1.165, 1.54) is 23.5 Å². The smallest absolute Gasteiger partial charge is 0.264 e. The Morgan fingerprint density at radius 3 is 3.00 bits per heavy atom. The summed E-state index contributed by atoms with van der Waals surface area (Å²) in [6, 6.07) is 6.43. The van der Waals surface area contributed by atoms with Crippen LogP contribution in [-0.4, -0.2) is 29.9 Å². The highest BCUT2D eigenvalue weighted by atomic mass is 32.1. The zero-order valence-electron chi connectivity index (χ0n) is 9.73. The topological polar surface area (TPSA) is 46.3 Å². The van der Waals surface area contributed by atoms with Crippen molar-refractivity contribution in [1.29, 1.82) is 0 Å². The Morgan fingerprint density at radius 2 is 2.28 bits per heavy atom. The molecule has 2 aromatic rings. The Balaban J connectivity index is 1.92. The van der Waals surface area contributed by atoms with Crippen molar-refractivity contribution in [2.24, 2.45) is 5.73 Å². The third kappa shape index (κ3) is 2.00. The van der Waals surface area contributed by atoms with Gasteiger partial charge in [-0.25, -0.2) is 4.39 Å². The van der Waals surface area contributed by atoms with Crippen molar-refractivity contribution in [3.8, 4) is 0 Å². The van der Waals surface area contributed by atoms with Gasteiger partial charge in [0.15, 0.2) is 0 Å². The molecule has 1 unspecified atom stereocenters. The zero-order chi connectivity index (χ0) is 12.7. The number of halogens is 1. The molecule has 2 N–H and O–H groups in total. The van der Waals surface area contributed by atoms with Gasteiger partial charge in [0.25, 0.3) is 5.91 Å². The molecule has 0 spiro atoms. The van der Waals surface area contributed by atoms with Gasteiger partial charge in [0.05, 0.1) is 4.88 Å². The monoisotopic (exact) mass is 264 g/mol. The summed E-state index contributed by atoms with van der Waals surface area (Å²) in [5.74, 6) is -0.271. The molecule has 0 saturated carbocycles. The van der Waals surface area contributed by atoms with Gasteiger partial charge in [0, 0.05) is 23.8 Å². The fraction of sp³-hybridized carbons (Fsp3) is 0.308. The third-order valence-corrected chi connectivity index (χ3v) is 4.31. The van der Waals surface area contributed by atoms with Crippen LogP contribution >= 0.6 is 11.3 Å². The number of hydrogen-bond acceptors (Lipinski definition) is 3. The molecular weight excluding hydrogens is 251 g/mol. The second kappa shape index (κ2) is 4.33. The van der Waals surface area contributed by atoms with Crippen molar-refractivity contribution in [2.75, 3.05) is 13.1 Å². The maximum atomic E-state index is 13.1. The van der Waals surface area contributed by atoms with Gasteiger partial charge < -0.3 is 10.6 Å². The molecule has 0 bridgehead atoms. The minimum Gasteiger partial charge on any atom is -0.336 e. The molecule has 1 aromatic carbocycles. The Kier molecular flexibility index (Phi) is 2.80. The van der Waals surface area contributed by atoms with Gasteiger partial charge in [-0.05, 0) is 36.1 Å². The highest BCUT2D eigenvalue weighted by Crippen LogP contribution is 2.28. The normalized spacial score (nSPS) is 19.7. The van der Waals surface area contributed by atoms with E-state index in [9.17, 15) is 9.18 Å². The Labute approximate surface area is 108 Å². The van der Waals surface area contributed by atoms with Crippen molar-refractivity contribution < 1.29 is 9.18 Å². The second-order valence-corrected chi connectivity index (χ2v) is 5.68. The van der Waals surface area contributed by atoms with E-state index in [1.54, 1.807) is 17.0 Å². The molecule has 1 amide bonds. The number of fused-ring (bicyclic) bond motifs is 1. The number of amides is 1. The first-order chi connectivity index (χ1) is 8.63. The van der Waals surface area contributed by atoms with E-state index in [1.807, 2.05) is 0 Å². The summed E-state index contributed by atoms with van der Waals surface area (Å²) in [5.41, 5.74) is 5.80. The van der Waals surface area contributed by atoms with E-state index in [2.05, 4.69) is 0 Å². The predicted octanol–water partition coefficient (Wildman–Crippen LogP) is 2.21. The average Bonchev–Trinajstić information content (AvgIpc) is 2.93. The van der Waals surface area contributed by atoms with Gasteiger partial charge in [0.1, 0.15) is 5.82 Å². The summed E-state index contributed by atoms with van der Waals surface area (Å²) >= 11 is 1.40. The van der Waals surface area contributed by atoms with Crippen molar-refractivity contribution >= 4 is 27.3 Å². The van der Waals surface area contributed by atoms with Crippen LogP contribution in [0.3, 0.4) is 0 Å². The fourth-order valence-electron chi connectivity index (χ4n) is 2.25. The first kappa shape index (κ1) is 11.6. The van der Waals surface area contributed by atoms with Crippen molar-refractivity contribution in [3.63, 3.8) is 0 Å². The summed E-state index contributed by atoms with van der Waals surface area (Å²) in [4.78, 5) is 14.7. The fourth-order valence-corrected chi connectivity index (χ4v) is 3.26. The van der Waals surface area contributed by atoms with Gasteiger partial charge in [-0.2, -0.15) is 0 Å². The van der Waals surface area contributed by atoms with Crippen LogP contribution in [0.25, 0.3) is 10.1 Å². The molecule has 1 aliphatic heterocycles. The molecule has 1 aromatic heterocycles. The quantitative estimate of drug-likeness (QED) is 0.858. The molecule has 3 nitrogen and oxygen atoms in total. The van der Waals surface area contributed by atoms with Crippen molar-refractivity contribution in [2.45, 2.75) is 12.5 Å². The van der Waals surface area contributed by atoms with Crippen LogP contribution in [0.5, 0.6) is 0 Å². The summed E-state index contributed by atoms with van der Waals surface area (Å²) < 4.78 is 14.0. The lowest BCUT2D eigenvalue weighted by molar-refractivity contribution is 0.0795. The van der Waals surface area contributed by atoms with E-state index in [0.29, 0.717) is 18.0 Å². The van der Waals surface area contributed by atoms with Gasteiger partial charge in [-0.15, -0.1) is 11.3 Å². The van der Waals surface area contributed by atoms with Gasteiger partial charge in [0.2, 0.25) is 0 Å². The van der Waals surface area contributed by atoms with E-state index in [4.69, 9.17) is 5.73 Å². The third-order valence-electron chi connectivity index (χ3n) is 3.20. The second-order valence-electron chi connectivity index (χ2n) is 4.59. The predicted molar refractivity (Wildman–Crippen MR) is 70.3 cm³/mol. The maximum Gasteiger partial charge on any atom is 0.264 e. The molecule has 2 heterocycles. The lowest BCUT2D eigenvalue weighted by Gasteiger charge is -2.13. The molecule has 1 atom stereocenters. The lowest BCUT2D eigenvalue weighted by Crippen LogP contribution is -2.31. The molecule has 0 radical (unpaired) electrons. The van der Waals surface area contributed by atoms with Crippen LogP contribution in [-0.2, 0) is 0 Å². The minimum absolute atomic E-state index is 0.00422. The molecule has 1 saturated heterocycles. The standard InChI is InChI=1S/C13H13FN2OS/c14-9-1-2-11-8(5-9)6-12(18-11)13(17)16-4-3-10(15)7-16/h1-2,5-6,10H,3-4,7,15H2. The van der Waals surface area contributed by atoms with Crippen molar-refractivity contribution in [3.05, 3.63) is 35.0 Å². The zero-order valence-corrected chi connectivity index (χ0v) is 10.5. The Hall–Kier alpha value is -1.46. The highest BCUT2D eigenvalue weighted by Gasteiger charge is 2.25. The van der Waals surface area contributed by atoms with Crippen LogP contribution in [0.2, 0.25) is 0 Å². The molecule has 94 valence electrons. The number of thiophene rings is 1. The molecule has 0 aliphatic carbocycles. The summed E-state index contributed by atoms with van der Waals surface area (Å²) in [6.07, 6.45) is 0.852. The summed E-state index contributed by atoms with van der Waals surface area (Å²) in [5, 5.41) is 0.784. The van der Waals surface area contributed by atoms with Crippen LogP contribution in [0.4, 0.5) is 4.39 Å². The largest absolute Gasteiger partial charge is 0.336 e. The highest BCUT2D eigenvalue weighted by molar-refractivity contribution is 7.20. The van der Waals surface area contributed by atoms with Gasteiger partial charge in [-0.3, -0.25) is 4.79 Å². The first-order valence-corrected chi connectivity index (χ1v) is 6.69. The Morgan fingerprint density at radius 1 is 1.44 bits per heavy atom. The number of likely N-dealkylation sites (tertiary alicyclic amines) is 1. The lowest BCUT2D eigenvalue weighted by atomic mass is 10.2. The van der Waals surface area contributed by atoms with Crippen molar-refractivity contribution in [1.82, 2.24) is 4.90 Å². The average molecular weight is 264 g/mol. The molecule has 5 heteroatoms. The van der Waals surface area contributed by atoms with E-state index in [-0.39, 0.29) is 17.8 Å². The van der Waals surface area contributed by atoms with E-state index in [0.717, 1.165) is 16.5 Å². The summed E-state index contributed by atoms with van der Waals surface area (Å²) in [7, 11) is 0. The maximum absolute atomic E-state index is 13.1.